The van der Waals surface area contributed by atoms with Crippen molar-refractivity contribution in [1.82, 2.24) is 9.47 Å². The molecule has 9 nitrogen and oxygen atoms in total. The second-order valence-electron chi connectivity index (χ2n) is 10.6. The Morgan fingerprint density at radius 2 is 1.64 bits per heavy atom. The van der Waals surface area contributed by atoms with E-state index in [1.54, 1.807) is 20.2 Å². The van der Waals surface area contributed by atoms with E-state index in [0.717, 1.165) is 32.0 Å². The molecule has 232 valence electrons. The van der Waals surface area contributed by atoms with Gasteiger partial charge in [0.25, 0.3) is 0 Å². The molecular weight excluding hydrogens is 590 g/mol. The van der Waals surface area contributed by atoms with E-state index in [0.29, 0.717) is 36.5 Å². The molecule has 0 aliphatic carbocycles. The highest BCUT2D eigenvalue weighted by molar-refractivity contribution is 7.22. The first-order valence-corrected chi connectivity index (χ1v) is 15.3. The van der Waals surface area contributed by atoms with Crippen LogP contribution < -0.4 is 20.2 Å². The normalized spacial score (nSPS) is 11.0. The van der Waals surface area contributed by atoms with Gasteiger partial charge in [0.15, 0.2) is 5.75 Å². The van der Waals surface area contributed by atoms with Crippen molar-refractivity contribution in [2.45, 2.75) is 33.5 Å². The monoisotopic (exact) mass is 625 g/mol. The number of carbonyl (C=O) groups is 2. The van der Waals surface area contributed by atoms with Crippen LogP contribution >= 0.6 is 11.3 Å². The molecule has 5 aromatic rings. The van der Waals surface area contributed by atoms with Gasteiger partial charge >= 0.3 is 6.16 Å². The first kappa shape index (κ1) is 31.5. The third-order valence-electron chi connectivity index (χ3n) is 7.15. The summed E-state index contributed by atoms with van der Waals surface area (Å²) < 4.78 is 18.0. The van der Waals surface area contributed by atoms with Crippen LogP contribution in [0, 0.1) is 0 Å². The topological polar surface area (TPSA) is 99.1 Å². The van der Waals surface area contributed by atoms with Gasteiger partial charge in [0.2, 0.25) is 11.3 Å². The summed E-state index contributed by atoms with van der Waals surface area (Å²) in [5, 5.41) is 3.28. The molecule has 0 saturated heterocycles. The molecular formula is C35H35N3O6S. The first-order valence-electron chi connectivity index (χ1n) is 14.5. The number of benzene rings is 3. The largest absolute Gasteiger partial charge is 0.514 e. The minimum Gasteiger partial charge on any atom is -0.496 e. The fourth-order valence-electron chi connectivity index (χ4n) is 5.23. The summed E-state index contributed by atoms with van der Waals surface area (Å²) in [5.74, 6) is 0.425. The lowest BCUT2D eigenvalue weighted by Crippen LogP contribution is -2.21. The van der Waals surface area contributed by atoms with Crippen molar-refractivity contribution >= 4 is 39.3 Å². The molecule has 1 amide bonds. The minimum atomic E-state index is -0.940. The number of nitrogens with zero attached hydrogens (tertiary/aromatic N) is 2. The zero-order valence-electron chi connectivity index (χ0n) is 25.7. The van der Waals surface area contributed by atoms with Crippen LogP contribution in [-0.2, 0) is 29.2 Å². The van der Waals surface area contributed by atoms with Gasteiger partial charge in [-0.15, -0.1) is 11.3 Å². The third kappa shape index (κ3) is 7.42. The summed E-state index contributed by atoms with van der Waals surface area (Å²) in [5.41, 5.74) is 4.02. The maximum atomic E-state index is 14.1. The van der Waals surface area contributed by atoms with E-state index in [2.05, 4.69) is 22.3 Å². The number of anilines is 1. The smallest absolute Gasteiger partial charge is 0.496 e. The third-order valence-corrected chi connectivity index (χ3v) is 8.47. The fraction of sp³-hybridized carbons (Fsp3) is 0.229. The van der Waals surface area contributed by atoms with Crippen LogP contribution in [0.2, 0.25) is 0 Å². The van der Waals surface area contributed by atoms with E-state index in [-0.39, 0.29) is 18.3 Å². The molecule has 0 unspecified atom stereocenters. The van der Waals surface area contributed by atoms with Crippen molar-refractivity contribution in [2.24, 2.45) is 0 Å². The van der Waals surface area contributed by atoms with E-state index in [4.69, 9.17) is 14.2 Å². The number of pyridine rings is 1. The molecule has 0 radical (unpaired) electrons. The summed E-state index contributed by atoms with van der Waals surface area (Å²) in [4.78, 5) is 42.0. The lowest BCUT2D eigenvalue weighted by atomic mass is 10.0. The molecule has 0 spiro atoms. The zero-order chi connectivity index (χ0) is 31.9. The average Bonchev–Trinajstić information content (AvgIpc) is 3.39. The van der Waals surface area contributed by atoms with Crippen LogP contribution in [-0.4, -0.2) is 42.3 Å². The number of carbonyl (C=O) groups excluding carboxylic acids is 2. The average molecular weight is 626 g/mol. The number of hydrogen-bond acceptors (Lipinski definition) is 8. The SMILES string of the molecule is CCOC(=O)Oc1cn(Cc2ccccc2OC)c2sc(-c3ccc(NC(C)=O)cc3)c(CN(C)Cc3ccccc3)c2c1=O. The predicted octanol–water partition coefficient (Wildman–Crippen LogP) is 6.91. The minimum absolute atomic E-state index is 0.114. The van der Waals surface area contributed by atoms with Crippen molar-refractivity contribution in [1.29, 1.82) is 0 Å². The number of para-hydroxylation sites is 1. The van der Waals surface area contributed by atoms with E-state index in [9.17, 15) is 14.4 Å². The second-order valence-corrected chi connectivity index (χ2v) is 11.6. The predicted molar refractivity (Wildman–Crippen MR) is 177 cm³/mol. The quantitative estimate of drug-likeness (QED) is 0.159. The molecule has 0 fully saturated rings. The van der Waals surface area contributed by atoms with Crippen LogP contribution in [0.3, 0.4) is 0 Å². The molecule has 0 aliphatic heterocycles. The van der Waals surface area contributed by atoms with Gasteiger partial charge in [-0.3, -0.25) is 14.5 Å². The standard InChI is InChI=1S/C35H35N3O6S/c1-5-43-35(41)44-30-22-38(20-26-13-9-10-14-29(26)42-4)34-31(32(30)40)28(21-37(3)19-24-11-7-6-8-12-24)33(45-34)25-15-17-27(18-16-25)36-23(2)39/h6-18,22H,5,19-21H2,1-4H3,(H,36,39). The summed E-state index contributed by atoms with van der Waals surface area (Å²) in [6, 6.07) is 25.3. The molecule has 0 aliphatic rings. The molecule has 1 N–H and O–H groups in total. The van der Waals surface area contributed by atoms with E-state index >= 15 is 0 Å². The molecule has 5 rings (SSSR count). The number of amides is 1. The zero-order valence-corrected chi connectivity index (χ0v) is 26.5. The summed E-state index contributed by atoms with van der Waals surface area (Å²) in [6.45, 7) is 4.72. The molecule has 0 bridgehead atoms. The van der Waals surface area contributed by atoms with E-state index in [1.807, 2.05) is 78.3 Å². The van der Waals surface area contributed by atoms with Gasteiger partial charge in [-0.1, -0.05) is 60.7 Å². The van der Waals surface area contributed by atoms with Crippen LogP contribution in [0.25, 0.3) is 20.7 Å². The molecule has 3 aromatic carbocycles. The lowest BCUT2D eigenvalue weighted by Gasteiger charge is -2.18. The molecule has 0 saturated carbocycles. The maximum absolute atomic E-state index is 14.1. The Bertz CT molecular complexity index is 1860. The van der Waals surface area contributed by atoms with E-state index < -0.39 is 11.6 Å². The molecule has 0 atom stereocenters. The Balaban J connectivity index is 1.70. The number of rotatable bonds is 11. The number of thiophene rings is 1. The first-order chi connectivity index (χ1) is 21.8. The number of nitrogens with one attached hydrogen (secondary N) is 1. The van der Waals surface area contributed by atoms with Gasteiger partial charge in [-0.2, -0.15) is 0 Å². The van der Waals surface area contributed by atoms with Gasteiger partial charge in [-0.25, -0.2) is 4.79 Å². The molecule has 45 heavy (non-hydrogen) atoms. The highest BCUT2D eigenvalue weighted by atomic mass is 32.1. The number of hydrogen-bond donors (Lipinski definition) is 1. The highest BCUT2D eigenvalue weighted by Crippen LogP contribution is 2.40. The fourth-order valence-corrected chi connectivity index (χ4v) is 6.52. The number of fused-ring (bicyclic) bond motifs is 1. The van der Waals surface area contributed by atoms with E-state index in [1.165, 1.54) is 18.3 Å². The molecule has 2 heterocycles. The Morgan fingerprint density at radius 3 is 2.33 bits per heavy atom. The molecule has 10 heteroatoms. The maximum Gasteiger partial charge on any atom is 0.514 e. The lowest BCUT2D eigenvalue weighted by molar-refractivity contribution is -0.114. The van der Waals surface area contributed by atoms with Gasteiger partial charge in [0.1, 0.15) is 10.6 Å². The van der Waals surface area contributed by atoms with Crippen LogP contribution in [0.1, 0.15) is 30.5 Å². The molecule has 2 aromatic heterocycles. The second kappa shape index (κ2) is 14.2. The summed E-state index contributed by atoms with van der Waals surface area (Å²) in [7, 11) is 3.62. The summed E-state index contributed by atoms with van der Waals surface area (Å²) in [6.07, 6.45) is 0.621. The van der Waals surface area contributed by atoms with Crippen LogP contribution in [0.4, 0.5) is 10.5 Å². The van der Waals surface area contributed by atoms with Crippen molar-refractivity contribution < 1.29 is 23.8 Å². The van der Waals surface area contributed by atoms with Crippen LogP contribution in [0.15, 0.2) is 89.9 Å². The van der Waals surface area contributed by atoms with Crippen molar-refractivity contribution in [3.05, 3.63) is 112 Å². The Hall–Kier alpha value is -4.93. The van der Waals surface area contributed by atoms with Gasteiger partial charge in [0, 0.05) is 36.1 Å². The van der Waals surface area contributed by atoms with Gasteiger partial charge in [-0.05, 0) is 48.9 Å². The number of ether oxygens (including phenoxy) is 3. The van der Waals surface area contributed by atoms with Gasteiger partial charge in [0.05, 0.1) is 31.8 Å². The van der Waals surface area contributed by atoms with Crippen LogP contribution in [0.5, 0.6) is 11.5 Å². The van der Waals surface area contributed by atoms with Gasteiger partial charge < -0.3 is 24.1 Å². The van der Waals surface area contributed by atoms with Crippen molar-refractivity contribution in [2.75, 3.05) is 26.1 Å². The summed E-state index contributed by atoms with van der Waals surface area (Å²) >= 11 is 1.49. The number of methoxy groups -OCH3 is 1. The Morgan fingerprint density at radius 1 is 0.933 bits per heavy atom. The van der Waals surface area contributed by atoms with Crippen molar-refractivity contribution in [3.8, 4) is 21.9 Å². The highest BCUT2D eigenvalue weighted by Gasteiger charge is 2.24. The Kier molecular flexibility index (Phi) is 9.96. The number of aromatic nitrogens is 1. The Labute approximate surface area is 265 Å². The van der Waals surface area contributed by atoms with Crippen molar-refractivity contribution in [3.63, 3.8) is 0 Å².